The first kappa shape index (κ1) is 16.9. The molecule has 1 aromatic heterocycles. The molecule has 1 aromatic carbocycles. The highest BCUT2D eigenvalue weighted by atomic mass is 32.1. The van der Waals surface area contributed by atoms with Crippen molar-refractivity contribution in [3.63, 3.8) is 0 Å². The number of thiazole rings is 1. The molecule has 0 spiro atoms. The van der Waals surface area contributed by atoms with Gasteiger partial charge in [-0.25, -0.2) is 4.68 Å². The zero-order chi connectivity index (χ0) is 18.0. The van der Waals surface area contributed by atoms with Gasteiger partial charge in [-0.15, -0.1) is 11.3 Å². The number of nitrogens with zero attached hydrogens (tertiary/aromatic N) is 4. The molecule has 2 aromatic rings. The number of hydrogen-bond donors (Lipinski definition) is 0. The molecule has 9 heteroatoms. The minimum absolute atomic E-state index is 0.0510. The summed E-state index contributed by atoms with van der Waals surface area (Å²) in [5.74, 6) is 0.826. The zero-order valence-electron chi connectivity index (χ0n) is 13.8. The van der Waals surface area contributed by atoms with Crippen LogP contribution in [0.4, 0.5) is 5.69 Å². The number of nitro benzene ring substituents is 1. The van der Waals surface area contributed by atoms with Crippen molar-refractivity contribution in [2.75, 3.05) is 13.3 Å². The van der Waals surface area contributed by atoms with Crippen molar-refractivity contribution in [1.82, 2.24) is 4.68 Å². The molecule has 0 aliphatic carbocycles. The van der Waals surface area contributed by atoms with E-state index in [1.54, 1.807) is 10.7 Å². The first-order valence-corrected chi connectivity index (χ1v) is 8.28. The second-order valence-corrected chi connectivity index (χ2v) is 6.35. The third-order valence-corrected chi connectivity index (χ3v) is 4.34. The number of rotatable bonds is 5. The highest BCUT2D eigenvalue weighted by molar-refractivity contribution is 7.07. The summed E-state index contributed by atoms with van der Waals surface area (Å²) in [4.78, 5) is 16.0. The molecule has 0 saturated carbocycles. The molecular weight excluding hydrogens is 344 g/mol. The molecule has 3 rings (SSSR count). The van der Waals surface area contributed by atoms with E-state index in [-0.39, 0.29) is 12.5 Å². The maximum Gasteiger partial charge on any atom is 0.282 e. The Morgan fingerprint density at radius 1 is 1.48 bits per heavy atom. The van der Waals surface area contributed by atoms with Gasteiger partial charge < -0.3 is 9.47 Å². The molecule has 1 aliphatic heterocycles. The number of ether oxygens (including phenoxy) is 2. The molecule has 0 bridgehead atoms. The molecule has 130 valence electrons. The van der Waals surface area contributed by atoms with Crippen LogP contribution in [0.5, 0.6) is 11.5 Å². The summed E-state index contributed by atoms with van der Waals surface area (Å²) in [5, 5.41) is 17.6. The molecule has 0 unspecified atom stereocenters. The number of fused-ring (bicyclic) bond motifs is 1. The number of aromatic nitrogens is 1. The Bertz CT molecular complexity index is 942. The van der Waals surface area contributed by atoms with Gasteiger partial charge >= 0.3 is 0 Å². The third-order valence-electron chi connectivity index (χ3n) is 3.37. The lowest BCUT2D eigenvalue weighted by Gasteiger charge is -2.01. The average molecular weight is 360 g/mol. The van der Waals surface area contributed by atoms with Crippen molar-refractivity contribution in [3.05, 3.63) is 55.8 Å². The van der Waals surface area contributed by atoms with Crippen LogP contribution in [0.25, 0.3) is 0 Å². The maximum atomic E-state index is 11.3. The fourth-order valence-electron chi connectivity index (χ4n) is 2.16. The van der Waals surface area contributed by atoms with E-state index < -0.39 is 4.92 Å². The largest absolute Gasteiger partial charge is 0.454 e. The van der Waals surface area contributed by atoms with E-state index >= 15 is 0 Å². The van der Waals surface area contributed by atoms with E-state index in [0.717, 1.165) is 11.3 Å². The van der Waals surface area contributed by atoms with Crippen molar-refractivity contribution in [1.29, 1.82) is 0 Å². The average Bonchev–Trinajstić information content (AvgIpc) is 3.15. The van der Waals surface area contributed by atoms with Gasteiger partial charge in [0.15, 0.2) is 11.5 Å². The van der Waals surface area contributed by atoms with Gasteiger partial charge in [-0.3, -0.25) is 15.1 Å². The van der Waals surface area contributed by atoms with Crippen LogP contribution in [0.2, 0.25) is 0 Å². The van der Waals surface area contributed by atoms with Crippen LogP contribution in [0, 0.1) is 17.0 Å². The lowest BCUT2D eigenvalue weighted by atomic mass is 10.1. The Hall–Kier alpha value is -2.94. The maximum absolute atomic E-state index is 11.3. The number of benzene rings is 1. The van der Waals surface area contributed by atoms with Crippen molar-refractivity contribution in [2.45, 2.75) is 13.8 Å². The molecule has 1 aliphatic rings. The van der Waals surface area contributed by atoms with Gasteiger partial charge in [0.2, 0.25) is 11.6 Å². The number of nitro groups is 1. The molecular formula is C16H16N4O4S. The van der Waals surface area contributed by atoms with Crippen LogP contribution in [-0.2, 0) is 0 Å². The Labute approximate surface area is 147 Å². The standard InChI is InChI=1S/C16H16N4O4S/c1-10(2)6-17-16-19(11(3)8-25-16)18-7-12-4-14-15(24-9-23-14)5-13(12)20(21)22/h4-5,7-8H,1,6,9H2,2-3H3. The normalized spacial score (nSPS) is 13.6. The highest BCUT2D eigenvalue weighted by Gasteiger charge is 2.22. The van der Waals surface area contributed by atoms with E-state index in [0.29, 0.717) is 28.4 Å². The van der Waals surface area contributed by atoms with E-state index in [1.807, 2.05) is 19.2 Å². The fraction of sp³-hybridized carbons (Fsp3) is 0.250. The van der Waals surface area contributed by atoms with Gasteiger partial charge in [-0.2, -0.15) is 5.10 Å². The van der Waals surface area contributed by atoms with Crippen molar-refractivity contribution in [2.24, 2.45) is 10.1 Å². The minimum atomic E-state index is -0.471. The van der Waals surface area contributed by atoms with Crippen LogP contribution in [-0.4, -0.2) is 29.2 Å². The lowest BCUT2D eigenvalue weighted by molar-refractivity contribution is -0.385. The summed E-state index contributed by atoms with van der Waals surface area (Å²) >= 11 is 1.45. The van der Waals surface area contributed by atoms with Gasteiger partial charge in [-0.1, -0.05) is 12.2 Å². The van der Waals surface area contributed by atoms with Gasteiger partial charge in [-0.05, 0) is 19.9 Å². The summed E-state index contributed by atoms with van der Waals surface area (Å²) in [6.07, 6.45) is 1.43. The van der Waals surface area contributed by atoms with Crippen molar-refractivity contribution < 1.29 is 14.4 Å². The summed E-state index contributed by atoms with van der Waals surface area (Å²) in [6.45, 7) is 8.16. The lowest BCUT2D eigenvalue weighted by Crippen LogP contribution is -2.13. The zero-order valence-corrected chi connectivity index (χ0v) is 14.6. The SMILES string of the molecule is C=C(C)CN=c1scc(C)n1N=Cc1cc2c(cc1[N+](=O)[O-])OCO2. The molecule has 0 amide bonds. The number of aryl methyl sites for hydroxylation is 1. The Morgan fingerprint density at radius 2 is 2.20 bits per heavy atom. The van der Waals surface area contributed by atoms with Crippen LogP contribution in [0.3, 0.4) is 0 Å². The Kier molecular flexibility index (Phi) is 4.66. The van der Waals surface area contributed by atoms with Gasteiger partial charge in [0.05, 0.1) is 35.0 Å². The summed E-state index contributed by atoms with van der Waals surface area (Å²) in [6, 6.07) is 2.90. The van der Waals surface area contributed by atoms with Gasteiger partial charge in [0.25, 0.3) is 5.69 Å². The predicted octanol–water partition coefficient (Wildman–Crippen LogP) is 2.85. The van der Waals surface area contributed by atoms with Gasteiger partial charge in [0, 0.05) is 5.38 Å². The molecule has 8 nitrogen and oxygen atoms in total. The monoisotopic (exact) mass is 360 g/mol. The van der Waals surface area contributed by atoms with Crippen molar-refractivity contribution in [3.8, 4) is 11.5 Å². The summed E-state index contributed by atoms with van der Waals surface area (Å²) in [5.41, 5.74) is 2.05. The topological polar surface area (TPSA) is 91.2 Å². The van der Waals surface area contributed by atoms with Crippen LogP contribution >= 0.6 is 11.3 Å². The summed E-state index contributed by atoms with van der Waals surface area (Å²) in [7, 11) is 0. The van der Waals surface area contributed by atoms with E-state index in [1.165, 1.54) is 23.6 Å². The molecule has 2 heterocycles. The van der Waals surface area contributed by atoms with Crippen LogP contribution < -0.4 is 14.3 Å². The minimum Gasteiger partial charge on any atom is -0.454 e. The third kappa shape index (κ3) is 3.61. The van der Waals surface area contributed by atoms with Crippen LogP contribution in [0.1, 0.15) is 18.2 Å². The second-order valence-electron chi connectivity index (χ2n) is 5.51. The van der Waals surface area contributed by atoms with Crippen LogP contribution in [0.15, 0.2) is 39.8 Å². The van der Waals surface area contributed by atoms with Crippen molar-refractivity contribution >= 4 is 23.2 Å². The van der Waals surface area contributed by atoms with E-state index in [2.05, 4.69) is 16.7 Å². The summed E-state index contributed by atoms with van der Waals surface area (Å²) < 4.78 is 12.1. The molecule has 0 N–H and O–H groups in total. The molecule has 0 radical (unpaired) electrons. The van der Waals surface area contributed by atoms with E-state index in [9.17, 15) is 10.1 Å². The number of hydrogen-bond acceptors (Lipinski definition) is 7. The second kappa shape index (κ2) is 6.89. The smallest absolute Gasteiger partial charge is 0.282 e. The van der Waals surface area contributed by atoms with E-state index in [4.69, 9.17) is 9.47 Å². The molecule has 0 atom stereocenters. The molecule has 0 fully saturated rings. The predicted molar refractivity (Wildman–Crippen MR) is 94.5 cm³/mol. The molecule has 0 saturated heterocycles. The molecule has 25 heavy (non-hydrogen) atoms. The van der Waals surface area contributed by atoms with Gasteiger partial charge in [0.1, 0.15) is 0 Å². The first-order chi connectivity index (χ1) is 12.0. The quantitative estimate of drug-likeness (QED) is 0.355. The fourth-order valence-corrected chi connectivity index (χ4v) is 2.97. The Balaban J connectivity index is 2.01. The first-order valence-electron chi connectivity index (χ1n) is 7.40. The Morgan fingerprint density at radius 3 is 2.88 bits per heavy atom. The highest BCUT2D eigenvalue weighted by Crippen LogP contribution is 2.37.